The van der Waals surface area contributed by atoms with Crippen molar-refractivity contribution >= 4 is 48.8 Å². The van der Waals surface area contributed by atoms with Crippen molar-refractivity contribution in [3.8, 4) is 0 Å². The highest BCUT2D eigenvalue weighted by atomic mass is 14.5. The largest absolute Gasteiger partial charge is 0.398 e. The van der Waals surface area contributed by atoms with E-state index in [-0.39, 0.29) is 0 Å². The molecule has 27 heavy (non-hydrogen) atoms. The number of hydrogen-bond donors (Lipinski definition) is 1. The molecule has 0 atom stereocenters. The first-order valence-corrected chi connectivity index (χ1v) is 10.2. The van der Waals surface area contributed by atoms with Gasteiger partial charge in [-0.3, -0.25) is 0 Å². The fourth-order valence-corrected chi connectivity index (χ4v) is 4.71. The van der Waals surface area contributed by atoms with Crippen LogP contribution in [0.4, 0.5) is 5.69 Å². The van der Waals surface area contributed by atoms with Crippen molar-refractivity contribution in [2.75, 3.05) is 5.73 Å². The molecule has 1 heteroatoms. The smallest absolute Gasteiger partial charge is 0.0394 e. The average Bonchev–Trinajstić information content (AvgIpc) is 2.70. The van der Waals surface area contributed by atoms with Crippen LogP contribution in [0.25, 0.3) is 43.1 Å². The van der Waals surface area contributed by atoms with Gasteiger partial charge in [0.2, 0.25) is 0 Å². The predicted molar refractivity (Wildman–Crippen MR) is 120 cm³/mol. The number of nitrogen functional groups attached to an aromatic ring is 1. The molecule has 5 aromatic rings. The third-order valence-corrected chi connectivity index (χ3v) is 6.01. The van der Waals surface area contributed by atoms with Crippen LogP contribution in [-0.2, 0) is 6.42 Å². The fourth-order valence-electron chi connectivity index (χ4n) is 4.71. The summed E-state index contributed by atoms with van der Waals surface area (Å²) in [7, 11) is 0. The molecule has 0 heterocycles. The summed E-state index contributed by atoms with van der Waals surface area (Å²) >= 11 is 0. The lowest BCUT2D eigenvalue weighted by molar-refractivity contribution is 0.667. The number of anilines is 1. The second kappa shape index (κ2) is 6.42. The molecule has 0 aliphatic carbocycles. The molecule has 134 valence electrons. The van der Waals surface area contributed by atoms with Crippen molar-refractivity contribution in [3.05, 3.63) is 66.2 Å². The Kier molecular flexibility index (Phi) is 3.89. The fraction of sp³-hybridized carbons (Fsp3) is 0.231. The number of benzene rings is 5. The van der Waals surface area contributed by atoms with E-state index >= 15 is 0 Å². The third kappa shape index (κ3) is 2.53. The molecule has 0 aliphatic heterocycles. The minimum atomic E-state index is 0.863. The highest BCUT2D eigenvalue weighted by molar-refractivity contribution is 6.33. The monoisotopic (exact) mass is 351 g/mol. The number of hydrogen-bond acceptors (Lipinski definition) is 1. The van der Waals surface area contributed by atoms with Gasteiger partial charge in [-0.1, -0.05) is 80.8 Å². The zero-order chi connectivity index (χ0) is 18.4. The quantitative estimate of drug-likeness (QED) is 0.151. The summed E-state index contributed by atoms with van der Waals surface area (Å²) in [5.74, 6) is 0. The lowest BCUT2D eigenvalue weighted by atomic mass is 9.88. The van der Waals surface area contributed by atoms with Gasteiger partial charge in [-0.25, -0.2) is 0 Å². The molecule has 0 aromatic heterocycles. The van der Waals surface area contributed by atoms with E-state index in [1.54, 1.807) is 0 Å². The van der Waals surface area contributed by atoms with Gasteiger partial charge in [-0.05, 0) is 62.2 Å². The topological polar surface area (TPSA) is 26.0 Å². The Morgan fingerprint density at radius 2 is 1.41 bits per heavy atom. The summed E-state index contributed by atoms with van der Waals surface area (Å²) in [5, 5.41) is 10.6. The Morgan fingerprint density at radius 1 is 0.667 bits per heavy atom. The van der Waals surface area contributed by atoms with Gasteiger partial charge in [0.1, 0.15) is 0 Å². The van der Waals surface area contributed by atoms with Crippen molar-refractivity contribution < 1.29 is 0 Å². The summed E-state index contributed by atoms with van der Waals surface area (Å²) < 4.78 is 0. The molecular weight excluding hydrogens is 326 g/mol. The highest BCUT2D eigenvalue weighted by Crippen LogP contribution is 2.42. The van der Waals surface area contributed by atoms with Crippen molar-refractivity contribution in [2.45, 2.75) is 39.0 Å². The van der Waals surface area contributed by atoms with Gasteiger partial charge in [-0.2, -0.15) is 0 Å². The van der Waals surface area contributed by atoms with E-state index in [1.807, 2.05) is 0 Å². The summed E-state index contributed by atoms with van der Waals surface area (Å²) in [6.07, 6.45) is 6.36. The molecule has 5 aromatic carbocycles. The van der Waals surface area contributed by atoms with E-state index in [0.29, 0.717) is 0 Å². The first kappa shape index (κ1) is 16.4. The number of nitrogens with two attached hydrogens (primary N) is 1. The lowest BCUT2D eigenvalue weighted by Gasteiger charge is -2.16. The second-order valence-electron chi connectivity index (χ2n) is 7.79. The standard InChI is InChI=1S/C26H25N/c1-2-3-4-5-8-17-15-18-9-6-10-19-20-11-7-12-22-24(27)14-13-21(26(20)22)23(16-17)25(18)19/h6-7,9-16H,2-5,8,27H2,1H3. The average molecular weight is 351 g/mol. The van der Waals surface area contributed by atoms with Crippen LogP contribution in [-0.4, -0.2) is 0 Å². The summed E-state index contributed by atoms with van der Waals surface area (Å²) in [5.41, 5.74) is 8.63. The molecule has 0 amide bonds. The second-order valence-corrected chi connectivity index (χ2v) is 7.79. The van der Waals surface area contributed by atoms with Gasteiger partial charge in [0, 0.05) is 11.1 Å². The number of rotatable bonds is 5. The van der Waals surface area contributed by atoms with E-state index in [9.17, 15) is 0 Å². The minimum absolute atomic E-state index is 0.863. The maximum absolute atomic E-state index is 6.31. The van der Waals surface area contributed by atoms with Gasteiger partial charge in [0.15, 0.2) is 0 Å². The van der Waals surface area contributed by atoms with Gasteiger partial charge < -0.3 is 5.73 Å². The zero-order valence-corrected chi connectivity index (χ0v) is 15.9. The zero-order valence-electron chi connectivity index (χ0n) is 15.9. The Hall–Kier alpha value is -2.80. The van der Waals surface area contributed by atoms with Gasteiger partial charge >= 0.3 is 0 Å². The van der Waals surface area contributed by atoms with Crippen LogP contribution in [0.2, 0.25) is 0 Å². The number of unbranched alkanes of at least 4 members (excludes halogenated alkanes) is 3. The molecule has 0 spiro atoms. The lowest BCUT2D eigenvalue weighted by Crippen LogP contribution is -1.93. The van der Waals surface area contributed by atoms with E-state index in [2.05, 4.69) is 67.6 Å². The van der Waals surface area contributed by atoms with Crippen LogP contribution < -0.4 is 5.73 Å². The molecule has 0 unspecified atom stereocenters. The van der Waals surface area contributed by atoms with Gasteiger partial charge in [0.25, 0.3) is 0 Å². The molecule has 0 aliphatic rings. The Bertz CT molecular complexity index is 1270. The maximum Gasteiger partial charge on any atom is 0.0394 e. The Morgan fingerprint density at radius 3 is 2.26 bits per heavy atom. The molecule has 2 N–H and O–H groups in total. The minimum Gasteiger partial charge on any atom is -0.398 e. The van der Waals surface area contributed by atoms with Crippen LogP contribution >= 0.6 is 0 Å². The summed E-state index contributed by atoms with van der Waals surface area (Å²) in [6, 6.07) is 22.3. The normalized spacial score (nSPS) is 12.0. The molecule has 5 rings (SSSR count). The van der Waals surface area contributed by atoms with Crippen LogP contribution in [0.5, 0.6) is 0 Å². The van der Waals surface area contributed by atoms with Gasteiger partial charge in [-0.15, -0.1) is 0 Å². The number of aryl methyl sites for hydroxylation is 1. The predicted octanol–water partition coefficient (Wildman–Crippen LogP) is 7.44. The first-order chi connectivity index (χ1) is 13.3. The summed E-state index contributed by atoms with van der Waals surface area (Å²) in [4.78, 5) is 0. The SMILES string of the molecule is CCCCCCc1cc2cccc3c4cccc5c(N)ccc(c(c1)c23)c54. The molecule has 0 fully saturated rings. The van der Waals surface area contributed by atoms with Crippen LogP contribution in [0, 0.1) is 0 Å². The van der Waals surface area contributed by atoms with Gasteiger partial charge in [0.05, 0.1) is 0 Å². The number of fused-ring (bicyclic) bond motifs is 2. The van der Waals surface area contributed by atoms with E-state index in [4.69, 9.17) is 5.73 Å². The first-order valence-electron chi connectivity index (χ1n) is 10.2. The van der Waals surface area contributed by atoms with Crippen molar-refractivity contribution in [1.82, 2.24) is 0 Å². The molecular formula is C26H25N. The van der Waals surface area contributed by atoms with E-state index < -0.39 is 0 Å². The third-order valence-electron chi connectivity index (χ3n) is 6.01. The molecule has 0 saturated heterocycles. The molecule has 0 bridgehead atoms. The van der Waals surface area contributed by atoms with Crippen LogP contribution in [0.1, 0.15) is 38.2 Å². The molecule has 1 nitrogen and oxygen atoms in total. The van der Waals surface area contributed by atoms with E-state index in [1.165, 1.54) is 74.3 Å². The van der Waals surface area contributed by atoms with Crippen LogP contribution in [0.15, 0.2) is 60.7 Å². The van der Waals surface area contributed by atoms with Crippen molar-refractivity contribution in [2.24, 2.45) is 0 Å². The maximum atomic E-state index is 6.31. The summed E-state index contributed by atoms with van der Waals surface area (Å²) in [6.45, 7) is 2.27. The van der Waals surface area contributed by atoms with Crippen LogP contribution in [0.3, 0.4) is 0 Å². The van der Waals surface area contributed by atoms with Crippen molar-refractivity contribution in [3.63, 3.8) is 0 Å². The molecule has 0 radical (unpaired) electrons. The highest BCUT2D eigenvalue weighted by Gasteiger charge is 2.14. The Balaban J connectivity index is 1.84. The van der Waals surface area contributed by atoms with E-state index in [0.717, 1.165) is 12.1 Å². The van der Waals surface area contributed by atoms with Crippen molar-refractivity contribution in [1.29, 1.82) is 0 Å². The Labute approximate surface area is 160 Å². The molecule has 0 saturated carbocycles.